The Kier molecular flexibility index (Phi) is 8.97. The molecule has 0 spiro atoms. The maximum absolute atomic E-state index is 14.7. The van der Waals surface area contributed by atoms with Gasteiger partial charge < -0.3 is 19.8 Å². The summed E-state index contributed by atoms with van der Waals surface area (Å²) in [6.45, 7) is 24.9. The smallest absolute Gasteiger partial charge is 0.312 e. The zero-order chi connectivity index (χ0) is 37.8. The molecule has 1 aliphatic heterocycles. The van der Waals surface area contributed by atoms with Gasteiger partial charge in [-0.25, -0.2) is 0 Å². The number of esters is 1. The minimum absolute atomic E-state index is 0.0416. The number of aryl methyl sites for hydroxylation is 1. The van der Waals surface area contributed by atoms with E-state index in [-0.39, 0.29) is 39.0 Å². The third-order valence-electron chi connectivity index (χ3n) is 16.9. The SMILES string of the molecule is CCCCOC(=O)[C@]12CCC(C)(C)C[C@H]1C1=C(c3cn(C)cc3CN3CCOCC3)CC3[C@@]4(C)Cc5c(n[nH]c5N)C(C)(C)[C@@H]4CC[C@@]3(C)[C@]1(C)CC2. The molecule has 0 bridgehead atoms. The van der Waals surface area contributed by atoms with Crippen LogP contribution in [0.1, 0.15) is 142 Å². The molecule has 3 saturated carbocycles. The highest BCUT2D eigenvalue weighted by molar-refractivity contribution is 5.82. The minimum Gasteiger partial charge on any atom is -0.465 e. The van der Waals surface area contributed by atoms with Crippen molar-refractivity contribution in [3.05, 3.63) is 40.4 Å². The normalized spacial score (nSPS) is 37.6. The van der Waals surface area contributed by atoms with Gasteiger partial charge in [0.1, 0.15) is 5.82 Å². The van der Waals surface area contributed by atoms with E-state index < -0.39 is 5.41 Å². The number of fused-ring (bicyclic) bond motifs is 8. The predicted molar refractivity (Wildman–Crippen MR) is 212 cm³/mol. The third kappa shape index (κ3) is 5.48. The Bertz CT molecular complexity index is 1780. The van der Waals surface area contributed by atoms with E-state index in [2.05, 4.69) is 89.4 Å². The van der Waals surface area contributed by atoms with Crippen LogP contribution in [0, 0.1) is 44.8 Å². The molecule has 1 saturated heterocycles. The first-order valence-corrected chi connectivity index (χ1v) is 21.2. The Morgan fingerprint density at radius 3 is 2.49 bits per heavy atom. The van der Waals surface area contributed by atoms with Crippen LogP contribution in [0.15, 0.2) is 18.0 Å². The molecule has 8 nitrogen and oxygen atoms in total. The van der Waals surface area contributed by atoms with Crippen molar-refractivity contribution < 1.29 is 14.3 Å². The number of nitrogen functional groups attached to an aromatic ring is 1. The van der Waals surface area contributed by atoms with Crippen LogP contribution in [-0.4, -0.2) is 58.5 Å². The lowest BCUT2D eigenvalue weighted by molar-refractivity contribution is -0.180. The highest BCUT2D eigenvalue weighted by Crippen LogP contribution is 2.77. The number of ether oxygens (including phenoxy) is 2. The van der Waals surface area contributed by atoms with Crippen molar-refractivity contribution in [3.63, 3.8) is 0 Å². The average Bonchev–Trinajstić information content (AvgIpc) is 3.66. The number of nitrogens with zero attached hydrogens (tertiary/aromatic N) is 3. The van der Waals surface area contributed by atoms with Gasteiger partial charge in [0.2, 0.25) is 0 Å². The number of hydrogen-bond donors (Lipinski definition) is 2. The number of aromatic nitrogens is 3. The second-order valence-corrected chi connectivity index (χ2v) is 20.7. The Morgan fingerprint density at radius 2 is 1.75 bits per heavy atom. The van der Waals surface area contributed by atoms with Crippen molar-refractivity contribution in [2.75, 3.05) is 38.6 Å². The standard InChI is InChI=1S/C45H69N5O3/c1-10-11-20-53-39(51)45-16-14-40(2,3)25-33(45)36-30(32-28-49(9)26-29(32)27-50-18-21-52-22-19-50)23-35-42(6)24-31-37(47-48-38(31)46)41(4,5)34(42)12-13-43(35,7)44(36,8)15-17-45/h26,28,33-35H,10-25,27H2,1-9H3,(H3,46,47,48)/t33-,34-,35?,42-,43+,44+,45-/m0/s1. The molecule has 292 valence electrons. The molecule has 5 aliphatic carbocycles. The Labute approximate surface area is 319 Å². The molecule has 0 amide bonds. The van der Waals surface area contributed by atoms with Gasteiger partial charge in [0, 0.05) is 50.1 Å². The Hall–Kier alpha value is -2.58. The fourth-order valence-electron chi connectivity index (χ4n) is 13.9. The van der Waals surface area contributed by atoms with Crippen molar-refractivity contribution in [2.45, 2.75) is 138 Å². The zero-order valence-corrected chi connectivity index (χ0v) is 34.6. The highest BCUT2D eigenvalue weighted by atomic mass is 16.5. The number of aromatic amines is 1. The first-order valence-electron chi connectivity index (χ1n) is 21.2. The number of allylic oxidation sites excluding steroid dienone is 2. The van der Waals surface area contributed by atoms with E-state index in [0.717, 1.165) is 96.5 Å². The van der Waals surface area contributed by atoms with E-state index in [9.17, 15) is 4.79 Å². The number of carbonyl (C=O) groups excluding carboxylic acids is 1. The summed E-state index contributed by atoms with van der Waals surface area (Å²) in [4.78, 5) is 17.3. The van der Waals surface area contributed by atoms with Crippen molar-refractivity contribution in [1.82, 2.24) is 19.7 Å². The van der Waals surface area contributed by atoms with Gasteiger partial charge in [0.05, 0.1) is 30.9 Å². The molecule has 3 N–H and O–H groups in total. The van der Waals surface area contributed by atoms with Crippen LogP contribution in [0.4, 0.5) is 5.82 Å². The van der Waals surface area contributed by atoms with Crippen LogP contribution in [0.5, 0.6) is 0 Å². The number of H-pyrrole nitrogens is 1. The van der Waals surface area contributed by atoms with Gasteiger partial charge in [-0.05, 0) is 120 Å². The van der Waals surface area contributed by atoms with Crippen molar-refractivity contribution in [2.24, 2.45) is 51.9 Å². The summed E-state index contributed by atoms with van der Waals surface area (Å²) in [5.74, 6) is 1.97. The number of hydrogen-bond acceptors (Lipinski definition) is 6. The summed E-state index contributed by atoms with van der Waals surface area (Å²) in [6, 6.07) is 0. The van der Waals surface area contributed by atoms with Crippen LogP contribution in [-0.2, 0) is 39.7 Å². The van der Waals surface area contributed by atoms with Crippen molar-refractivity contribution in [3.8, 4) is 0 Å². The molecule has 2 aromatic rings. The molecular formula is C45H69N5O3. The molecule has 1 unspecified atom stereocenters. The zero-order valence-electron chi connectivity index (χ0n) is 34.6. The van der Waals surface area contributed by atoms with E-state index in [4.69, 9.17) is 20.3 Å². The van der Waals surface area contributed by atoms with E-state index in [1.807, 2.05) is 0 Å². The summed E-state index contributed by atoms with van der Waals surface area (Å²) in [6.07, 6.45) is 16.2. The minimum atomic E-state index is -0.459. The molecule has 6 aliphatic rings. The molecule has 3 heterocycles. The van der Waals surface area contributed by atoms with E-state index in [1.54, 1.807) is 11.1 Å². The van der Waals surface area contributed by atoms with Gasteiger partial charge >= 0.3 is 5.97 Å². The lowest BCUT2D eigenvalue weighted by Gasteiger charge is -2.71. The molecule has 8 rings (SSSR count). The third-order valence-corrected chi connectivity index (χ3v) is 16.9. The topological polar surface area (TPSA) is 98.4 Å². The molecule has 4 fully saturated rings. The van der Waals surface area contributed by atoms with E-state index >= 15 is 0 Å². The molecule has 53 heavy (non-hydrogen) atoms. The van der Waals surface area contributed by atoms with Crippen LogP contribution in [0.25, 0.3) is 5.57 Å². The molecule has 7 atom stereocenters. The average molecular weight is 728 g/mol. The molecule has 2 aromatic heterocycles. The van der Waals surface area contributed by atoms with Gasteiger partial charge in [-0.15, -0.1) is 0 Å². The fourth-order valence-corrected chi connectivity index (χ4v) is 13.9. The van der Waals surface area contributed by atoms with Gasteiger partial charge in [0.15, 0.2) is 0 Å². The lowest BCUT2D eigenvalue weighted by Crippen LogP contribution is -2.65. The van der Waals surface area contributed by atoms with Crippen LogP contribution < -0.4 is 5.73 Å². The van der Waals surface area contributed by atoms with Crippen LogP contribution >= 0.6 is 0 Å². The van der Waals surface area contributed by atoms with Crippen LogP contribution in [0.3, 0.4) is 0 Å². The summed E-state index contributed by atoms with van der Waals surface area (Å²) >= 11 is 0. The molecule has 8 heteroatoms. The molecular weight excluding hydrogens is 659 g/mol. The number of rotatable bonds is 7. The van der Waals surface area contributed by atoms with Gasteiger partial charge in [0.25, 0.3) is 0 Å². The first-order chi connectivity index (χ1) is 25.0. The maximum Gasteiger partial charge on any atom is 0.312 e. The summed E-state index contributed by atoms with van der Waals surface area (Å²) in [5.41, 5.74) is 14.9. The van der Waals surface area contributed by atoms with Crippen molar-refractivity contribution in [1.29, 1.82) is 0 Å². The first kappa shape index (κ1) is 37.3. The monoisotopic (exact) mass is 728 g/mol. The number of nitrogens with one attached hydrogen (secondary N) is 1. The van der Waals surface area contributed by atoms with Crippen LogP contribution in [0.2, 0.25) is 0 Å². The van der Waals surface area contributed by atoms with Gasteiger partial charge in [-0.1, -0.05) is 67.4 Å². The fraction of sp³-hybridized carbons (Fsp3) is 0.778. The van der Waals surface area contributed by atoms with Gasteiger partial charge in [-0.3, -0.25) is 14.8 Å². The number of unbranched alkanes of at least 4 members (excludes halogenated alkanes) is 1. The summed E-state index contributed by atoms with van der Waals surface area (Å²) < 4.78 is 14.4. The lowest BCUT2D eigenvalue weighted by atomic mass is 9.32. The molecule has 0 radical (unpaired) electrons. The predicted octanol–water partition coefficient (Wildman–Crippen LogP) is 8.85. The largest absolute Gasteiger partial charge is 0.465 e. The van der Waals surface area contributed by atoms with Gasteiger partial charge in [-0.2, -0.15) is 5.10 Å². The Morgan fingerprint density at radius 1 is 1.02 bits per heavy atom. The summed E-state index contributed by atoms with van der Waals surface area (Å²) in [5, 5.41) is 8.06. The second kappa shape index (κ2) is 12.7. The van der Waals surface area contributed by atoms with E-state index in [1.165, 1.54) is 35.2 Å². The van der Waals surface area contributed by atoms with Crippen molar-refractivity contribution >= 4 is 17.4 Å². The second-order valence-electron chi connectivity index (χ2n) is 20.7. The number of carbonyl (C=O) groups is 1. The summed E-state index contributed by atoms with van der Waals surface area (Å²) in [7, 11) is 2.20. The van der Waals surface area contributed by atoms with E-state index in [0.29, 0.717) is 18.4 Å². The molecule has 0 aromatic carbocycles. The quantitative estimate of drug-likeness (QED) is 0.219. The maximum atomic E-state index is 14.7. The Balaban J connectivity index is 1.34. The number of morpholine rings is 1. The number of nitrogens with two attached hydrogens (primary N) is 1. The highest BCUT2D eigenvalue weighted by Gasteiger charge is 2.70. The number of anilines is 1.